The first-order valence-electron chi connectivity index (χ1n) is 10.4. The molecular formula is C24H24N6. The molecule has 5 rings (SSSR count). The quantitative estimate of drug-likeness (QED) is 0.692. The summed E-state index contributed by atoms with van der Waals surface area (Å²) in [7, 11) is 0. The molecule has 30 heavy (non-hydrogen) atoms. The van der Waals surface area contributed by atoms with E-state index in [-0.39, 0.29) is 12.2 Å². The number of nitrogens with zero attached hydrogens (tertiary/aromatic N) is 4. The highest BCUT2D eigenvalue weighted by Gasteiger charge is 2.29. The zero-order valence-electron chi connectivity index (χ0n) is 17.0. The number of rotatable bonds is 2. The Balaban J connectivity index is 1.60. The highest BCUT2D eigenvalue weighted by atomic mass is 15.3. The summed E-state index contributed by atoms with van der Waals surface area (Å²) in [6, 6.07) is 17.3. The summed E-state index contributed by atoms with van der Waals surface area (Å²) in [5.41, 5.74) is 4.47. The van der Waals surface area contributed by atoms with Gasteiger partial charge in [-0.15, -0.1) is 0 Å². The van der Waals surface area contributed by atoms with Crippen LogP contribution in [0.2, 0.25) is 0 Å². The number of pyridine rings is 1. The van der Waals surface area contributed by atoms with Crippen LogP contribution in [0.5, 0.6) is 0 Å². The minimum Gasteiger partial charge on any atom is -0.358 e. The van der Waals surface area contributed by atoms with Crippen molar-refractivity contribution in [1.29, 1.82) is 5.26 Å². The van der Waals surface area contributed by atoms with Crippen molar-refractivity contribution in [3.05, 3.63) is 71.5 Å². The number of nitriles is 1. The largest absolute Gasteiger partial charge is 0.358 e. The van der Waals surface area contributed by atoms with Gasteiger partial charge in [0.1, 0.15) is 12.0 Å². The van der Waals surface area contributed by atoms with E-state index in [2.05, 4.69) is 69.9 Å². The van der Waals surface area contributed by atoms with Crippen molar-refractivity contribution in [2.75, 3.05) is 25.0 Å². The van der Waals surface area contributed by atoms with Gasteiger partial charge in [0.05, 0.1) is 24.4 Å². The Morgan fingerprint density at radius 3 is 2.93 bits per heavy atom. The lowest BCUT2D eigenvalue weighted by Crippen LogP contribution is -2.53. The van der Waals surface area contributed by atoms with E-state index in [4.69, 9.17) is 10.3 Å². The summed E-state index contributed by atoms with van der Waals surface area (Å²) in [4.78, 5) is 11.8. The molecule has 6 nitrogen and oxygen atoms in total. The van der Waals surface area contributed by atoms with E-state index in [1.165, 1.54) is 21.9 Å². The molecule has 0 spiro atoms. The minimum absolute atomic E-state index is 0.157. The fraction of sp³-hybridized carbons (Fsp3) is 0.292. The van der Waals surface area contributed by atoms with E-state index >= 15 is 0 Å². The number of nitrogens with one attached hydrogen (secondary N) is 2. The van der Waals surface area contributed by atoms with Gasteiger partial charge in [0.25, 0.3) is 0 Å². The molecule has 0 aliphatic carbocycles. The first-order chi connectivity index (χ1) is 14.7. The van der Waals surface area contributed by atoms with Gasteiger partial charge < -0.3 is 15.5 Å². The number of hydrogen-bond acceptors (Lipinski definition) is 6. The molecule has 1 fully saturated rings. The standard InChI is InChI=1S/C24H24N6/c1-16-4-2-5-17-6-3-7-20(22(16)17)23-28-21-14-26-11-9-19(21)24(29-23)30-13-12-27-18(15-30)8-10-25/h2-7,9,11,14,18,23,27-28H,8,12-13,15H2,1H3/t18-,23-/m0/s1. The van der Waals surface area contributed by atoms with Crippen LogP contribution in [0.3, 0.4) is 0 Å². The van der Waals surface area contributed by atoms with E-state index in [9.17, 15) is 0 Å². The third-order valence-corrected chi connectivity index (χ3v) is 5.94. The number of piperazine rings is 1. The molecular weight excluding hydrogens is 372 g/mol. The van der Waals surface area contributed by atoms with Crippen LogP contribution >= 0.6 is 0 Å². The molecule has 6 heteroatoms. The van der Waals surface area contributed by atoms with Crippen molar-refractivity contribution in [3.63, 3.8) is 0 Å². The molecule has 2 aliphatic heterocycles. The van der Waals surface area contributed by atoms with Gasteiger partial charge in [-0.3, -0.25) is 4.98 Å². The van der Waals surface area contributed by atoms with Gasteiger partial charge in [-0.2, -0.15) is 5.26 Å². The molecule has 0 radical (unpaired) electrons. The van der Waals surface area contributed by atoms with E-state index in [0.29, 0.717) is 6.42 Å². The van der Waals surface area contributed by atoms with Crippen molar-refractivity contribution in [2.24, 2.45) is 4.99 Å². The van der Waals surface area contributed by atoms with Gasteiger partial charge in [-0.25, -0.2) is 4.99 Å². The van der Waals surface area contributed by atoms with Crippen LogP contribution in [0.15, 0.2) is 59.9 Å². The molecule has 3 heterocycles. The summed E-state index contributed by atoms with van der Waals surface area (Å²) in [6.45, 7) is 4.63. The highest BCUT2D eigenvalue weighted by Crippen LogP contribution is 2.35. The summed E-state index contributed by atoms with van der Waals surface area (Å²) in [5.74, 6) is 0.978. The van der Waals surface area contributed by atoms with Crippen LogP contribution in [0.25, 0.3) is 10.8 Å². The molecule has 0 bridgehead atoms. The summed E-state index contributed by atoms with van der Waals surface area (Å²) < 4.78 is 0. The third-order valence-electron chi connectivity index (χ3n) is 5.94. The maximum absolute atomic E-state index is 9.13. The van der Waals surface area contributed by atoms with E-state index in [1.54, 1.807) is 0 Å². The average molecular weight is 396 g/mol. The van der Waals surface area contributed by atoms with E-state index < -0.39 is 0 Å². The number of aliphatic imine (C=N–C) groups is 1. The van der Waals surface area contributed by atoms with Gasteiger partial charge in [-0.1, -0.05) is 36.4 Å². The molecule has 2 N–H and O–H groups in total. The number of amidine groups is 1. The van der Waals surface area contributed by atoms with Gasteiger partial charge in [0.15, 0.2) is 0 Å². The molecule has 150 valence electrons. The van der Waals surface area contributed by atoms with Crippen LogP contribution in [0.1, 0.15) is 29.3 Å². The first-order valence-corrected chi connectivity index (χ1v) is 10.4. The van der Waals surface area contributed by atoms with Crippen molar-refractivity contribution >= 4 is 22.3 Å². The van der Waals surface area contributed by atoms with Gasteiger partial charge in [-0.05, 0) is 29.3 Å². The maximum atomic E-state index is 9.13. The molecule has 2 aromatic carbocycles. The number of aryl methyl sites for hydroxylation is 1. The lowest BCUT2D eigenvalue weighted by Gasteiger charge is -2.38. The SMILES string of the molecule is Cc1cccc2cccc([C@@H]3N=C(N4CCN[C@@H](CC#N)C4)c4ccncc4N3)c12. The second kappa shape index (κ2) is 7.77. The second-order valence-corrected chi connectivity index (χ2v) is 7.90. The summed E-state index contributed by atoms with van der Waals surface area (Å²) >= 11 is 0. The Labute approximate surface area is 176 Å². The number of benzene rings is 2. The van der Waals surface area contributed by atoms with Crippen molar-refractivity contribution in [2.45, 2.75) is 25.6 Å². The van der Waals surface area contributed by atoms with Crippen molar-refractivity contribution in [1.82, 2.24) is 15.2 Å². The lowest BCUT2D eigenvalue weighted by molar-refractivity contribution is 0.292. The van der Waals surface area contributed by atoms with Gasteiger partial charge in [0.2, 0.25) is 0 Å². The molecule has 1 saturated heterocycles. The molecule has 2 atom stereocenters. The highest BCUT2D eigenvalue weighted by molar-refractivity contribution is 6.05. The fourth-order valence-corrected chi connectivity index (χ4v) is 4.53. The zero-order valence-corrected chi connectivity index (χ0v) is 17.0. The Morgan fingerprint density at radius 1 is 1.20 bits per heavy atom. The Morgan fingerprint density at radius 2 is 2.07 bits per heavy atom. The number of anilines is 1. The molecule has 0 amide bonds. The zero-order chi connectivity index (χ0) is 20.5. The monoisotopic (exact) mass is 396 g/mol. The minimum atomic E-state index is -0.189. The van der Waals surface area contributed by atoms with Crippen molar-refractivity contribution < 1.29 is 0 Å². The fourth-order valence-electron chi connectivity index (χ4n) is 4.53. The smallest absolute Gasteiger partial charge is 0.147 e. The Bertz CT molecular complexity index is 1160. The third kappa shape index (κ3) is 3.27. The van der Waals surface area contributed by atoms with Crippen LogP contribution in [-0.2, 0) is 0 Å². The Hall–Kier alpha value is -3.43. The van der Waals surface area contributed by atoms with Crippen LogP contribution in [0.4, 0.5) is 5.69 Å². The molecule has 3 aromatic rings. The molecule has 0 saturated carbocycles. The summed E-state index contributed by atoms with van der Waals surface area (Å²) in [6.07, 6.45) is 4.00. The van der Waals surface area contributed by atoms with Crippen LogP contribution in [-0.4, -0.2) is 41.4 Å². The summed E-state index contributed by atoms with van der Waals surface area (Å²) in [5, 5.41) is 18.6. The molecule has 0 unspecified atom stereocenters. The van der Waals surface area contributed by atoms with Crippen LogP contribution in [0, 0.1) is 18.3 Å². The molecule has 1 aromatic heterocycles. The van der Waals surface area contributed by atoms with Gasteiger partial charge in [0, 0.05) is 43.0 Å². The first kappa shape index (κ1) is 18.6. The maximum Gasteiger partial charge on any atom is 0.147 e. The predicted molar refractivity (Wildman–Crippen MR) is 119 cm³/mol. The second-order valence-electron chi connectivity index (χ2n) is 7.90. The Kier molecular flexibility index (Phi) is 4.82. The predicted octanol–water partition coefficient (Wildman–Crippen LogP) is 3.60. The normalized spacial score (nSPS) is 20.8. The number of aromatic nitrogens is 1. The topological polar surface area (TPSA) is 76.3 Å². The number of hydrogen-bond donors (Lipinski definition) is 2. The van der Waals surface area contributed by atoms with E-state index in [1.807, 2.05) is 18.5 Å². The average Bonchev–Trinajstić information content (AvgIpc) is 2.78. The van der Waals surface area contributed by atoms with E-state index in [0.717, 1.165) is 36.7 Å². The number of fused-ring (bicyclic) bond motifs is 2. The van der Waals surface area contributed by atoms with Crippen LogP contribution < -0.4 is 10.6 Å². The van der Waals surface area contributed by atoms with Crippen molar-refractivity contribution in [3.8, 4) is 6.07 Å². The molecule has 2 aliphatic rings. The van der Waals surface area contributed by atoms with Gasteiger partial charge >= 0.3 is 0 Å². The lowest BCUT2D eigenvalue weighted by atomic mass is 9.97.